The van der Waals surface area contributed by atoms with Crippen molar-refractivity contribution in [3.05, 3.63) is 52.1 Å². The molecule has 1 aromatic carbocycles. The van der Waals surface area contributed by atoms with Gasteiger partial charge in [-0.05, 0) is 43.4 Å². The third kappa shape index (κ3) is 2.79. The highest BCUT2D eigenvalue weighted by Gasteiger charge is 2.29. The molecule has 3 heterocycles. The fourth-order valence-corrected chi connectivity index (χ4v) is 4.60. The Hall–Kier alpha value is -2.74. The summed E-state index contributed by atoms with van der Waals surface area (Å²) in [4.78, 5) is 34.1. The Morgan fingerprint density at radius 2 is 2.11 bits per heavy atom. The number of fused-ring (bicyclic) bond motifs is 2. The number of thioether (sulfide) groups is 1. The summed E-state index contributed by atoms with van der Waals surface area (Å²) in [6, 6.07) is 4.33. The molecule has 1 N–H and O–H groups in total. The van der Waals surface area contributed by atoms with Crippen molar-refractivity contribution in [1.82, 2.24) is 29.5 Å². The molecule has 0 spiro atoms. The monoisotopic (exact) mass is 392 g/mol. The fourth-order valence-electron chi connectivity index (χ4n) is 3.71. The second-order valence-electron chi connectivity index (χ2n) is 7.10. The van der Waals surface area contributed by atoms with Crippen LogP contribution < -0.4 is 5.56 Å². The Morgan fingerprint density at radius 1 is 1.25 bits per heavy atom. The molecule has 1 saturated carbocycles. The summed E-state index contributed by atoms with van der Waals surface area (Å²) in [7, 11) is 0. The fraction of sp³-hybridized carbons (Fsp3) is 0.350. The predicted octanol–water partition coefficient (Wildman–Crippen LogP) is 3.56. The topological polar surface area (TPSA) is 89.3 Å². The smallest absolute Gasteiger partial charge is 0.261 e. The molecule has 0 unspecified atom stereocenters. The maximum absolute atomic E-state index is 13.4. The van der Waals surface area contributed by atoms with E-state index in [1.807, 2.05) is 17.6 Å². The molecule has 1 aliphatic rings. The van der Waals surface area contributed by atoms with E-state index in [-0.39, 0.29) is 11.6 Å². The average molecular weight is 392 g/mol. The van der Waals surface area contributed by atoms with Crippen LogP contribution in [0.5, 0.6) is 0 Å². The van der Waals surface area contributed by atoms with Gasteiger partial charge in [0.05, 0.1) is 23.0 Å². The number of hydrogen-bond donors (Lipinski definition) is 1. The zero-order chi connectivity index (χ0) is 19.3. The van der Waals surface area contributed by atoms with Crippen LogP contribution in [-0.4, -0.2) is 29.5 Å². The molecule has 1 aliphatic carbocycles. The second kappa shape index (κ2) is 6.70. The second-order valence-corrected chi connectivity index (χ2v) is 8.06. The number of rotatable bonds is 5. The van der Waals surface area contributed by atoms with Gasteiger partial charge in [0.15, 0.2) is 5.65 Å². The minimum Gasteiger partial charge on any atom is -0.341 e. The minimum absolute atomic E-state index is 0.0882. The molecule has 28 heavy (non-hydrogen) atoms. The van der Waals surface area contributed by atoms with Gasteiger partial charge in [0.25, 0.3) is 5.56 Å². The number of nitrogens with zero attached hydrogens (tertiary/aromatic N) is 5. The molecule has 0 amide bonds. The first-order valence-electron chi connectivity index (χ1n) is 9.48. The molecule has 8 heteroatoms. The first-order valence-corrected chi connectivity index (χ1v) is 10.5. The Balaban J connectivity index is 1.60. The lowest BCUT2D eigenvalue weighted by Crippen LogP contribution is -2.25. The van der Waals surface area contributed by atoms with Crippen LogP contribution in [0.15, 0.2) is 34.6 Å². The van der Waals surface area contributed by atoms with Crippen molar-refractivity contribution in [1.29, 1.82) is 0 Å². The van der Waals surface area contributed by atoms with Crippen molar-refractivity contribution in [2.75, 3.05) is 0 Å². The Morgan fingerprint density at radius 3 is 2.89 bits per heavy atom. The van der Waals surface area contributed by atoms with Crippen LogP contribution in [0.4, 0.5) is 0 Å². The van der Waals surface area contributed by atoms with Crippen LogP contribution in [0.1, 0.15) is 42.8 Å². The van der Waals surface area contributed by atoms with Crippen LogP contribution in [0.25, 0.3) is 22.1 Å². The molecule has 0 radical (unpaired) electrons. The summed E-state index contributed by atoms with van der Waals surface area (Å²) in [6.07, 6.45) is 6.12. The lowest BCUT2D eigenvalue weighted by Gasteiger charge is -2.15. The van der Waals surface area contributed by atoms with Gasteiger partial charge in [-0.25, -0.2) is 19.9 Å². The van der Waals surface area contributed by atoms with Gasteiger partial charge >= 0.3 is 0 Å². The van der Waals surface area contributed by atoms with Gasteiger partial charge in [-0.1, -0.05) is 24.8 Å². The van der Waals surface area contributed by atoms with Crippen molar-refractivity contribution in [3.63, 3.8) is 0 Å². The zero-order valence-electron chi connectivity index (χ0n) is 15.8. The number of benzene rings is 1. The summed E-state index contributed by atoms with van der Waals surface area (Å²) in [5.74, 6) is 1.38. The Kier molecular flexibility index (Phi) is 4.16. The predicted molar refractivity (Wildman–Crippen MR) is 110 cm³/mol. The van der Waals surface area contributed by atoms with Gasteiger partial charge < -0.3 is 4.98 Å². The highest BCUT2D eigenvalue weighted by molar-refractivity contribution is 7.98. The van der Waals surface area contributed by atoms with E-state index in [9.17, 15) is 4.79 Å². The SMILES string of the molecule is CCc1ccc2nc(CSc3ncnc4nc[nH]c34)n(C3CC3)c(=O)c2c1C. The number of aromatic amines is 1. The Labute approximate surface area is 165 Å². The van der Waals surface area contributed by atoms with Gasteiger partial charge in [0, 0.05) is 6.04 Å². The number of aryl methyl sites for hydroxylation is 2. The van der Waals surface area contributed by atoms with E-state index in [4.69, 9.17) is 4.98 Å². The summed E-state index contributed by atoms with van der Waals surface area (Å²) in [6.45, 7) is 4.15. The quantitative estimate of drug-likeness (QED) is 0.413. The van der Waals surface area contributed by atoms with E-state index in [2.05, 4.69) is 32.9 Å². The molecule has 142 valence electrons. The summed E-state index contributed by atoms with van der Waals surface area (Å²) in [5.41, 5.74) is 4.59. The van der Waals surface area contributed by atoms with Gasteiger partial charge in [0.2, 0.25) is 0 Å². The third-order valence-corrected chi connectivity index (χ3v) is 6.32. The van der Waals surface area contributed by atoms with E-state index in [1.54, 1.807) is 18.1 Å². The molecule has 4 aromatic rings. The first-order chi connectivity index (χ1) is 13.7. The molecule has 5 rings (SSSR count). The van der Waals surface area contributed by atoms with Crippen molar-refractivity contribution in [2.45, 2.75) is 49.9 Å². The minimum atomic E-state index is 0.0882. The van der Waals surface area contributed by atoms with Crippen molar-refractivity contribution in [2.24, 2.45) is 0 Å². The van der Waals surface area contributed by atoms with Crippen LogP contribution in [-0.2, 0) is 12.2 Å². The zero-order valence-corrected chi connectivity index (χ0v) is 16.6. The highest BCUT2D eigenvalue weighted by Crippen LogP contribution is 2.36. The highest BCUT2D eigenvalue weighted by atomic mass is 32.2. The first kappa shape index (κ1) is 17.4. The number of H-pyrrole nitrogens is 1. The molecule has 1 fully saturated rings. The largest absolute Gasteiger partial charge is 0.341 e. The van der Waals surface area contributed by atoms with Gasteiger partial charge in [0.1, 0.15) is 22.7 Å². The normalized spacial score (nSPS) is 14.2. The third-order valence-electron chi connectivity index (χ3n) is 5.33. The van der Waals surface area contributed by atoms with E-state index in [0.717, 1.165) is 52.1 Å². The number of imidazole rings is 1. The summed E-state index contributed by atoms with van der Waals surface area (Å²) in [5, 5.41) is 1.58. The standard InChI is InChI=1S/C20H20N6OS/c1-3-12-4-7-14-16(11(12)2)20(27)26(13-5-6-13)15(25-14)8-28-19-17-18(22-9-21-17)23-10-24-19/h4,7,9-10,13H,3,5-6,8H2,1-2H3,(H,21,22,23,24). The van der Waals surface area contributed by atoms with E-state index >= 15 is 0 Å². The molecular formula is C20H20N6OS. The summed E-state index contributed by atoms with van der Waals surface area (Å²) < 4.78 is 1.91. The van der Waals surface area contributed by atoms with Crippen molar-refractivity contribution < 1.29 is 0 Å². The average Bonchev–Trinajstić information content (AvgIpc) is 3.41. The lowest BCUT2D eigenvalue weighted by molar-refractivity contribution is 0.663. The van der Waals surface area contributed by atoms with Gasteiger partial charge in [-0.15, -0.1) is 0 Å². The number of nitrogens with one attached hydrogen (secondary N) is 1. The molecular weight excluding hydrogens is 372 g/mol. The molecule has 0 saturated heterocycles. The van der Waals surface area contributed by atoms with Crippen LogP contribution >= 0.6 is 11.8 Å². The molecule has 7 nitrogen and oxygen atoms in total. The number of aromatic nitrogens is 6. The van der Waals surface area contributed by atoms with Crippen LogP contribution in [0.2, 0.25) is 0 Å². The lowest BCUT2D eigenvalue weighted by atomic mass is 10.0. The molecule has 3 aromatic heterocycles. The van der Waals surface area contributed by atoms with Gasteiger partial charge in [-0.2, -0.15) is 0 Å². The van der Waals surface area contributed by atoms with Crippen LogP contribution in [0.3, 0.4) is 0 Å². The Bertz CT molecular complexity index is 1260. The molecule has 0 bridgehead atoms. The molecule has 0 aliphatic heterocycles. The maximum atomic E-state index is 13.4. The molecule has 0 atom stereocenters. The number of hydrogen-bond acceptors (Lipinski definition) is 6. The van der Waals surface area contributed by atoms with Crippen molar-refractivity contribution >= 4 is 33.8 Å². The summed E-state index contributed by atoms with van der Waals surface area (Å²) >= 11 is 1.55. The van der Waals surface area contributed by atoms with E-state index < -0.39 is 0 Å². The van der Waals surface area contributed by atoms with Gasteiger partial charge in [-0.3, -0.25) is 9.36 Å². The van der Waals surface area contributed by atoms with E-state index in [0.29, 0.717) is 11.4 Å². The van der Waals surface area contributed by atoms with Crippen molar-refractivity contribution in [3.8, 4) is 0 Å². The van der Waals surface area contributed by atoms with E-state index in [1.165, 1.54) is 11.9 Å². The maximum Gasteiger partial charge on any atom is 0.261 e. The van der Waals surface area contributed by atoms with Crippen LogP contribution in [0, 0.1) is 6.92 Å².